The van der Waals surface area contributed by atoms with Crippen LogP contribution >= 0.6 is 0 Å². The van der Waals surface area contributed by atoms with Crippen molar-refractivity contribution in [3.05, 3.63) is 10.2 Å². The Morgan fingerprint density at radius 2 is 2.00 bits per heavy atom. The number of allylic oxidation sites excluding steroid dienone is 2. The predicted octanol–water partition coefficient (Wildman–Crippen LogP) is 0.936. The number of hydroxylamine groups is 2. The average Bonchev–Trinajstić information content (AvgIpc) is 1.93. The van der Waals surface area contributed by atoms with Crippen molar-refractivity contribution in [2.24, 2.45) is 4.01 Å². The average molecular weight is 204 g/mol. The molecule has 0 aliphatic carbocycles. The van der Waals surface area contributed by atoms with Gasteiger partial charge in [0.2, 0.25) is 0 Å². The second-order valence-corrected chi connectivity index (χ2v) is 4.22. The number of hydrogen-bond acceptors (Lipinski definition) is 2. The standard InChI is InChI=1S/C6H9N2OSe/c1-4-5(2)10-7-6(3)8(4)9/h1-3H3. The van der Waals surface area contributed by atoms with E-state index in [0.29, 0.717) is 5.84 Å². The van der Waals surface area contributed by atoms with Gasteiger partial charge in [0.05, 0.1) is 0 Å². The van der Waals surface area contributed by atoms with Crippen LogP contribution in [-0.4, -0.2) is 26.1 Å². The second kappa shape index (κ2) is 2.74. The van der Waals surface area contributed by atoms with Crippen LogP contribution in [0.25, 0.3) is 0 Å². The summed E-state index contributed by atoms with van der Waals surface area (Å²) in [5.41, 5.74) is 0.813. The van der Waals surface area contributed by atoms with Gasteiger partial charge in [-0.15, -0.1) is 0 Å². The summed E-state index contributed by atoms with van der Waals surface area (Å²) in [5, 5.41) is 12.0. The van der Waals surface area contributed by atoms with Crippen molar-refractivity contribution in [1.82, 2.24) is 5.06 Å². The van der Waals surface area contributed by atoms with E-state index < -0.39 is 0 Å². The van der Waals surface area contributed by atoms with Gasteiger partial charge in [0.25, 0.3) is 0 Å². The molecule has 0 unspecified atom stereocenters. The molecule has 55 valence electrons. The van der Waals surface area contributed by atoms with Gasteiger partial charge in [0.15, 0.2) is 0 Å². The summed E-state index contributed by atoms with van der Waals surface area (Å²) in [6, 6.07) is 0. The first-order valence-electron chi connectivity index (χ1n) is 2.99. The Morgan fingerprint density at radius 3 is 2.50 bits per heavy atom. The van der Waals surface area contributed by atoms with Crippen LogP contribution in [-0.2, 0) is 5.21 Å². The van der Waals surface area contributed by atoms with Crippen molar-refractivity contribution in [3.8, 4) is 0 Å². The minimum absolute atomic E-state index is 0.162. The van der Waals surface area contributed by atoms with Gasteiger partial charge in [-0.3, -0.25) is 0 Å². The Morgan fingerprint density at radius 1 is 1.40 bits per heavy atom. The molecule has 1 heterocycles. The summed E-state index contributed by atoms with van der Waals surface area (Å²) in [6.45, 7) is 5.53. The molecule has 1 radical (unpaired) electrons. The molecule has 0 atom stereocenters. The van der Waals surface area contributed by atoms with Crippen LogP contribution in [0.5, 0.6) is 0 Å². The first-order valence-corrected chi connectivity index (χ1v) is 4.61. The first kappa shape index (κ1) is 7.79. The Kier molecular flexibility index (Phi) is 2.14. The fourth-order valence-electron chi connectivity index (χ4n) is 0.623. The Hall–Kier alpha value is -0.311. The van der Waals surface area contributed by atoms with Crippen molar-refractivity contribution in [2.75, 3.05) is 0 Å². The number of nitrogens with zero attached hydrogens (tertiary/aromatic N) is 2. The molecule has 0 N–H and O–H groups in total. The summed E-state index contributed by atoms with van der Waals surface area (Å²) in [5.74, 6) is 0.586. The monoisotopic (exact) mass is 205 g/mol. The van der Waals surface area contributed by atoms with Crippen LogP contribution in [0.1, 0.15) is 20.8 Å². The number of amidine groups is 1. The molecule has 0 amide bonds. The molecule has 1 aliphatic heterocycles. The van der Waals surface area contributed by atoms with Crippen molar-refractivity contribution in [1.29, 1.82) is 0 Å². The molecule has 1 rings (SSSR count). The zero-order chi connectivity index (χ0) is 7.72. The maximum absolute atomic E-state index is 11.1. The third-order valence-corrected chi connectivity index (χ3v) is 3.36. The topological polar surface area (TPSA) is 35.5 Å². The molecule has 0 fully saturated rings. The molecule has 1 aliphatic rings. The summed E-state index contributed by atoms with van der Waals surface area (Å²) >= 11 is 0.162. The normalized spacial score (nSPS) is 19.6. The summed E-state index contributed by atoms with van der Waals surface area (Å²) in [7, 11) is 0. The van der Waals surface area contributed by atoms with E-state index in [1.165, 1.54) is 0 Å². The minimum atomic E-state index is 0.162. The molecule has 0 aromatic carbocycles. The summed E-state index contributed by atoms with van der Waals surface area (Å²) < 4.78 is 5.20. The van der Waals surface area contributed by atoms with Crippen molar-refractivity contribution >= 4 is 21.0 Å². The van der Waals surface area contributed by atoms with Crippen molar-refractivity contribution < 1.29 is 5.21 Å². The first-order chi connectivity index (χ1) is 4.63. The molecular formula is C6H9N2OSe. The van der Waals surface area contributed by atoms with Gasteiger partial charge < -0.3 is 0 Å². The van der Waals surface area contributed by atoms with E-state index in [-0.39, 0.29) is 15.2 Å². The van der Waals surface area contributed by atoms with Crippen LogP contribution in [0.2, 0.25) is 0 Å². The van der Waals surface area contributed by atoms with E-state index in [4.69, 9.17) is 0 Å². The maximum atomic E-state index is 11.1. The van der Waals surface area contributed by atoms with E-state index >= 15 is 0 Å². The van der Waals surface area contributed by atoms with Gasteiger partial charge in [-0.1, -0.05) is 0 Å². The third-order valence-electron chi connectivity index (χ3n) is 1.42. The predicted molar refractivity (Wildman–Crippen MR) is 39.8 cm³/mol. The van der Waals surface area contributed by atoms with Crippen LogP contribution < -0.4 is 0 Å². The van der Waals surface area contributed by atoms with E-state index in [9.17, 15) is 5.21 Å². The summed E-state index contributed by atoms with van der Waals surface area (Å²) in [6.07, 6.45) is 0. The molecule has 0 bridgehead atoms. The second-order valence-electron chi connectivity index (χ2n) is 2.17. The van der Waals surface area contributed by atoms with Crippen LogP contribution in [0.15, 0.2) is 14.2 Å². The van der Waals surface area contributed by atoms with Gasteiger partial charge in [0, 0.05) is 0 Å². The SMILES string of the molecule is CC1=N[Se]C(C)=C(C)N1[O]. The third kappa shape index (κ3) is 1.24. The molecule has 3 nitrogen and oxygen atoms in total. The quantitative estimate of drug-likeness (QED) is 0.541. The van der Waals surface area contributed by atoms with Gasteiger partial charge in [-0.25, -0.2) is 0 Å². The van der Waals surface area contributed by atoms with E-state index in [2.05, 4.69) is 4.01 Å². The molecule has 10 heavy (non-hydrogen) atoms. The van der Waals surface area contributed by atoms with Gasteiger partial charge in [-0.2, -0.15) is 0 Å². The molecule has 0 spiro atoms. The number of hydrogen-bond donors (Lipinski definition) is 0. The van der Waals surface area contributed by atoms with Gasteiger partial charge >= 0.3 is 66.2 Å². The fourth-order valence-corrected chi connectivity index (χ4v) is 1.79. The van der Waals surface area contributed by atoms with E-state index in [1.54, 1.807) is 6.92 Å². The molecule has 0 aromatic heterocycles. The Labute approximate surface area is 66.8 Å². The van der Waals surface area contributed by atoms with Crippen molar-refractivity contribution in [2.45, 2.75) is 20.8 Å². The van der Waals surface area contributed by atoms with Gasteiger partial charge in [-0.05, 0) is 0 Å². The van der Waals surface area contributed by atoms with E-state index in [0.717, 1.165) is 15.2 Å². The number of rotatable bonds is 0. The zero-order valence-electron chi connectivity index (χ0n) is 6.21. The summed E-state index contributed by atoms with van der Waals surface area (Å²) in [4.78, 5) is 0. The molecular weight excluding hydrogens is 195 g/mol. The molecule has 0 saturated carbocycles. The fraction of sp³-hybridized carbons (Fsp3) is 0.500. The van der Waals surface area contributed by atoms with Crippen molar-refractivity contribution in [3.63, 3.8) is 0 Å². The Balaban J connectivity index is 2.86. The van der Waals surface area contributed by atoms with Crippen LogP contribution in [0.4, 0.5) is 0 Å². The van der Waals surface area contributed by atoms with Crippen LogP contribution in [0, 0.1) is 0 Å². The Bertz CT molecular complexity index is 210. The van der Waals surface area contributed by atoms with Gasteiger partial charge in [0.1, 0.15) is 0 Å². The molecule has 4 heteroatoms. The molecule has 0 aromatic rings. The zero-order valence-corrected chi connectivity index (χ0v) is 7.92. The molecule has 0 saturated heterocycles. The van der Waals surface area contributed by atoms with E-state index in [1.807, 2.05) is 13.8 Å². The van der Waals surface area contributed by atoms with Crippen LogP contribution in [0.3, 0.4) is 0 Å².